The van der Waals surface area contributed by atoms with Gasteiger partial charge in [0.05, 0.1) is 18.6 Å². The first kappa shape index (κ1) is 18.9. The predicted octanol–water partition coefficient (Wildman–Crippen LogP) is 2.99. The third-order valence-corrected chi connectivity index (χ3v) is 6.91. The maximum atomic E-state index is 5.43. The average Bonchev–Trinajstić information content (AvgIpc) is 3.14. The molecule has 0 spiro atoms. The monoisotopic (exact) mass is 409 g/mol. The smallest absolute Gasteiger partial charge is 0.138 e. The molecule has 1 fully saturated rings. The lowest BCUT2D eigenvalue weighted by molar-refractivity contribution is 0.0398. The Bertz CT molecular complexity index is 954. The summed E-state index contributed by atoms with van der Waals surface area (Å²) in [5.74, 6) is 0.997. The van der Waals surface area contributed by atoms with E-state index >= 15 is 0 Å². The summed E-state index contributed by atoms with van der Waals surface area (Å²) < 4.78 is 5.43. The molecule has 0 radical (unpaired) electrons. The van der Waals surface area contributed by atoms with Crippen molar-refractivity contribution >= 4 is 27.4 Å². The molecule has 4 heterocycles. The molecule has 1 saturated heterocycles. The zero-order valence-corrected chi connectivity index (χ0v) is 17.5. The van der Waals surface area contributed by atoms with Crippen LogP contribution in [0.3, 0.4) is 0 Å². The molecule has 2 aliphatic rings. The molecule has 2 aromatic heterocycles. The highest BCUT2D eigenvalue weighted by Gasteiger charge is 2.23. The molecule has 0 bridgehead atoms. The Morgan fingerprint density at radius 2 is 1.90 bits per heavy atom. The van der Waals surface area contributed by atoms with Crippen LogP contribution >= 0.6 is 11.3 Å². The lowest BCUT2D eigenvalue weighted by Crippen LogP contribution is -2.39. The Labute approximate surface area is 175 Å². The van der Waals surface area contributed by atoms with Gasteiger partial charge in [0, 0.05) is 50.7 Å². The van der Waals surface area contributed by atoms with E-state index in [4.69, 9.17) is 4.74 Å². The van der Waals surface area contributed by atoms with E-state index in [9.17, 15) is 0 Å². The predicted molar refractivity (Wildman–Crippen MR) is 117 cm³/mol. The van der Waals surface area contributed by atoms with Crippen LogP contribution in [-0.4, -0.2) is 65.7 Å². The second kappa shape index (κ2) is 8.75. The normalized spacial score (nSPS) is 18.1. The van der Waals surface area contributed by atoms with Crippen molar-refractivity contribution in [1.82, 2.24) is 19.8 Å². The maximum Gasteiger partial charge on any atom is 0.138 e. The third-order valence-electron chi connectivity index (χ3n) is 5.79. The van der Waals surface area contributed by atoms with Gasteiger partial charge in [-0.25, -0.2) is 9.97 Å². The molecule has 152 valence electrons. The molecule has 7 heteroatoms. The number of ether oxygens (including phenoxy) is 1. The minimum absolute atomic E-state index is 0.843. The minimum Gasteiger partial charge on any atom is -0.379 e. The summed E-state index contributed by atoms with van der Waals surface area (Å²) >= 11 is 1.83. The number of anilines is 1. The summed E-state index contributed by atoms with van der Waals surface area (Å²) in [6.45, 7) is 8.73. The fourth-order valence-electron chi connectivity index (χ4n) is 4.25. The topological polar surface area (TPSA) is 53.5 Å². The second-order valence-electron chi connectivity index (χ2n) is 7.73. The van der Waals surface area contributed by atoms with Gasteiger partial charge >= 0.3 is 0 Å². The van der Waals surface area contributed by atoms with Crippen molar-refractivity contribution in [2.45, 2.75) is 19.5 Å². The van der Waals surface area contributed by atoms with Gasteiger partial charge in [-0.1, -0.05) is 30.3 Å². The van der Waals surface area contributed by atoms with Crippen LogP contribution in [0.5, 0.6) is 0 Å². The zero-order chi connectivity index (χ0) is 19.5. The number of hydrogen-bond donors (Lipinski definition) is 1. The first-order valence-corrected chi connectivity index (χ1v) is 11.2. The summed E-state index contributed by atoms with van der Waals surface area (Å²) in [4.78, 5) is 16.7. The lowest BCUT2D eigenvalue weighted by Gasteiger charge is -2.27. The first-order chi connectivity index (χ1) is 14.4. The average molecular weight is 410 g/mol. The molecule has 2 aliphatic heterocycles. The van der Waals surface area contributed by atoms with E-state index in [1.807, 2.05) is 11.3 Å². The fraction of sp³-hybridized carbons (Fsp3) is 0.455. The number of nitrogens with one attached hydrogen (secondary N) is 1. The first-order valence-electron chi connectivity index (χ1n) is 10.4. The van der Waals surface area contributed by atoms with Crippen molar-refractivity contribution in [3.8, 4) is 0 Å². The molecule has 0 saturated carbocycles. The van der Waals surface area contributed by atoms with Crippen LogP contribution < -0.4 is 5.32 Å². The number of benzene rings is 1. The van der Waals surface area contributed by atoms with Crippen LogP contribution in [0.2, 0.25) is 0 Å². The molecule has 29 heavy (non-hydrogen) atoms. The van der Waals surface area contributed by atoms with Gasteiger partial charge in [0.2, 0.25) is 0 Å². The van der Waals surface area contributed by atoms with Gasteiger partial charge in [0.25, 0.3) is 0 Å². The van der Waals surface area contributed by atoms with Gasteiger partial charge in [-0.05, 0) is 17.5 Å². The van der Waals surface area contributed by atoms with Crippen LogP contribution in [-0.2, 0) is 24.2 Å². The van der Waals surface area contributed by atoms with E-state index in [-0.39, 0.29) is 0 Å². The molecule has 0 amide bonds. The summed E-state index contributed by atoms with van der Waals surface area (Å²) in [6, 6.07) is 10.7. The Hall–Kier alpha value is -2.06. The molecule has 1 N–H and O–H groups in total. The molecule has 0 unspecified atom stereocenters. The SMILES string of the molecule is c1ccc(CN2CCc3c(sc4ncnc(NCCN5CCOCC5)c34)C2)cc1. The van der Waals surface area contributed by atoms with E-state index in [0.29, 0.717) is 0 Å². The van der Waals surface area contributed by atoms with Crippen molar-refractivity contribution in [2.24, 2.45) is 0 Å². The highest BCUT2D eigenvalue weighted by atomic mass is 32.1. The van der Waals surface area contributed by atoms with Crippen LogP contribution in [0, 0.1) is 0 Å². The van der Waals surface area contributed by atoms with Crippen molar-refractivity contribution in [2.75, 3.05) is 51.3 Å². The van der Waals surface area contributed by atoms with Crippen molar-refractivity contribution in [3.63, 3.8) is 0 Å². The van der Waals surface area contributed by atoms with Gasteiger partial charge in [0.1, 0.15) is 17.0 Å². The van der Waals surface area contributed by atoms with Gasteiger partial charge in [-0.15, -0.1) is 11.3 Å². The Morgan fingerprint density at radius 1 is 1.03 bits per heavy atom. The Morgan fingerprint density at radius 3 is 2.76 bits per heavy atom. The second-order valence-corrected chi connectivity index (χ2v) is 8.82. The lowest BCUT2D eigenvalue weighted by atomic mass is 10.0. The van der Waals surface area contributed by atoms with E-state index in [0.717, 1.165) is 76.1 Å². The fourth-order valence-corrected chi connectivity index (χ4v) is 5.48. The van der Waals surface area contributed by atoms with Crippen LogP contribution in [0.1, 0.15) is 16.0 Å². The molecule has 6 nitrogen and oxygen atoms in total. The van der Waals surface area contributed by atoms with Crippen molar-refractivity contribution in [1.29, 1.82) is 0 Å². The number of hydrogen-bond acceptors (Lipinski definition) is 7. The van der Waals surface area contributed by atoms with Crippen molar-refractivity contribution < 1.29 is 4.74 Å². The number of thiophene rings is 1. The largest absolute Gasteiger partial charge is 0.379 e. The highest BCUT2D eigenvalue weighted by molar-refractivity contribution is 7.18. The van der Waals surface area contributed by atoms with Gasteiger partial charge in [-0.2, -0.15) is 0 Å². The summed E-state index contributed by atoms with van der Waals surface area (Å²) in [7, 11) is 0. The van der Waals surface area contributed by atoms with Crippen LogP contribution in [0.4, 0.5) is 5.82 Å². The number of morpholine rings is 1. The third kappa shape index (κ3) is 4.28. The molecular weight excluding hydrogens is 382 g/mol. The summed E-state index contributed by atoms with van der Waals surface area (Å²) in [6.07, 6.45) is 2.76. The van der Waals surface area contributed by atoms with Gasteiger partial charge < -0.3 is 10.1 Å². The molecule has 0 aliphatic carbocycles. The van der Waals surface area contributed by atoms with Gasteiger partial charge in [0.15, 0.2) is 0 Å². The molecular formula is C22H27N5OS. The number of rotatable bonds is 6. The highest BCUT2D eigenvalue weighted by Crippen LogP contribution is 2.37. The molecule has 3 aromatic rings. The maximum absolute atomic E-state index is 5.43. The summed E-state index contributed by atoms with van der Waals surface area (Å²) in [5.41, 5.74) is 2.83. The van der Waals surface area contributed by atoms with Crippen molar-refractivity contribution in [3.05, 3.63) is 52.7 Å². The molecule has 0 atom stereocenters. The number of fused-ring (bicyclic) bond motifs is 3. The van der Waals surface area contributed by atoms with E-state index in [1.54, 1.807) is 6.33 Å². The Balaban J connectivity index is 1.29. The Kier molecular flexibility index (Phi) is 5.71. The number of aromatic nitrogens is 2. The number of nitrogens with zero attached hydrogens (tertiary/aromatic N) is 4. The van der Waals surface area contributed by atoms with Crippen LogP contribution in [0.25, 0.3) is 10.2 Å². The zero-order valence-electron chi connectivity index (χ0n) is 16.6. The molecule has 5 rings (SSSR count). The van der Waals surface area contributed by atoms with Gasteiger partial charge in [-0.3, -0.25) is 9.80 Å². The van der Waals surface area contributed by atoms with E-state index in [2.05, 4.69) is 55.4 Å². The minimum atomic E-state index is 0.843. The van der Waals surface area contributed by atoms with Crippen LogP contribution in [0.15, 0.2) is 36.7 Å². The quantitative estimate of drug-likeness (QED) is 0.676. The summed E-state index contributed by atoms with van der Waals surface area (Å²) in [5, 5.41) is 4.83. The molecule has 1 aromatic carbocycles. The standard InChI is InChI=1S/C22H27N5OS/c1-2-4-17(5-3-1)14-27-8-6-18-19(15-27)29-22-20(18)21(24-16-25-22)23-7-9-26-10-12-28-13-11-26/h1-5,16H,6-15H2,(H,23,24,25). The van der Waals surface area contributed by atoms with E-state index < -0.39 is 0 Å². The van der Waals surface area contributed by atoms with E-state index in [1.165, 1.54) is 21.4 Å².